The number of aromatic nitrogens is 1. The number of carbonyl (C=O) groups excluding carboxylic acids is 1. The molecular weight excluding hydrogens is 282 g/mol. The van der Waals surface area contributed by atoms with Gasteiger partial charge in [-0.3, -0.25) is 14.7 Å². The van der Waals surface area contributed by atoms with E-state index >= 15 is 0 Å². The van der Waals surface area contributed by atoms with Gasteiger partial charge in [0.15, 0.2) is 0 Å². The van der Waals surface area contributed by atoms with E-state index in [1.165, 1.54) is 18.5 Å². The van der Waals surface area contributed by atoms with Crippen LogP contribution in [0.1, 0.15) is 30.6 Å². The van der Waals surface area contributed by atoms with Gasteiger partial charge in [-0.1, -0.05) is 13.8 Å². The van der Waals surface area contributed by atoms with Crippen LogP contribution in [0.3, 0.4) is 0 Å². The van der Waals surface area contributed by atoms with Gasteiger partial charge in [0.1, 0.15) is 5.75 Å². The van der Waals surface area contributed by atoms with Crippen LogP contribution in [0.5, 0.6) is 5.75 Å². The van der Waals surface area contributed by atoms with Gasteiger partial charge in [-0.05, 0) is 18.4 Å². The van der Waals surface area contributed by atoms with Crippen LogP contribution in [0, 0.1) is 5.92 Å². The zero-order chi connectivity index (χ0) is 16.1. The molecule has 2 heterocycles. The van der Waals surface area contributed by atoms with Crippen molar-refractivity contribution >= 4 is 5.91 Å². The van der Waals surface area contributed by atoms with Gasteiger partial charge in [0.2, 0.25) is 0 Å². The lowest BCUT2D eigenvalue weighted by molar-refractivity contribution is 0.0384. The standard InChI is InChI=1S/C16H25N3O3/c1-12(2)10-18-4-5-19(11-14(18)3-6-20)16(22)13-7-15(21)9-17-8-13/h7-9,12,14,20-21H,3-6,10-11H2,1-2H3. The summed E-state index contributed by atoms with van der Waals surface area (Å²) >= 11 is 0. The zero-order valence-corrected chi connectivity index (χ0v) is 13.3. The first-order valence-corrected chi connectivity index (χ1v) is 7.79. The molecule has 1 aromatic heterocycles. The summed E-state index contributed by atoms with van der Waals surface area (Å²) in [4.78, 5) is 20.5. The highest BCUT2D eigenvalue weighted by Crippen LogP contribution is 2.18. The minimum atomic E-state index is -0.115. The monoisotopic (exact) mass is 307 g/mol. The summed E-state index contributed by atoms with van der Waals surface area (Å²) in [6.45, 7) is 7.50. The van der Waals surface area contributed by atoms with Crippen molar-refractivity contribution in [2.75, 3.05) is 32.8 Å². The Morgan fingerprint density at radius 2 is 2.18 bits per heavy atom. The number of pyridine rings is 1. The summed E-state index contributed by atoms with van der Waals surface area (Å²) in [6.07, 6.45) is 3.45. The van der Waals surface area contributed by atoms with Gasteiger partial charge in [0, 0.05) is 45.0 Å². The van der Waals surface area contributed by atoms with Crippen LogP contribution in [0.15, 0.2) is 18.5 Å². The fourth-order valence-corrected chi connectivity index (χ4v) is 2.94. The molecular formula is C16H25N3O3. The third-order valence-electron chi connectivity index (χ3n) is 3.92. The Kier molecular flexibility index (Phi) is 5.74. The van der Waals surface area contributed by atoms with Gasteiger partial charge >= 0.3 is 0 Å². The molecule has 0 bridgehead atoms. The summed E-state index contributed by atoms with van der Waals surface area (Å²) in [5.74, 6) is 0.436. The predicted molar refractivity (Wildman–Crippen MR) is 83.7 cm³/mol. The number of amides is 1. The van der Waals surface area contributed by atoms with Crippen LogP contribution in [-0.2, 0) is 0 Å². The van der Waals surface area contributed by atoms with Crippen LogP contribution in [-0.4, -0.2) is 69.7 Å². The van der Waals surface area contributed by atoms with E-state index in [0.717, 1.165) is 13.1 Å². The lowest BCUT2D eigenvalue weighted by Crippen LogP contribution is -2.55. The molecule has 2 rings (SSSR count). The van der Waals surface area contributed by atoms with Gasteiger partial charge in [-0.2, -0.15) is 0 Å². The first-order valence-electron chi connectivity index (χ1n) is 7.79. The molecule has 22 heavy (non-hydrogen) atoms. The molecule has 2 N–H and O–H groups in total. The number of nitrogens with zero attached hydrogens (tertiary/aromatic N) is 3. The van der Waals surface area contributed by atoms with E-state index < -0.39 is 0 Å². The lowest BCUT2D eigenvalue weighted by atomic mass is 10.1. The van der Waals surface area contributed by atoms with E-state index in [1.807, 2.05) is 0 Å². The lowest BCUT2D eigenvalue weighted by Gasteiger charge is -2.42. The molecule has 0 saturated carbocycles. The van der Waals surface area contributed by atoms with E-state index in [-0.39, 0.29) is 24.3 Å². The van der Waals surface area contributed by atoms with Crippen LogP contribution in [0.2, 0.25) is 0 Å². The molecule has 6 nitrogen and oxygen atoms in total. The first kappa shape index (κ1) is 16.7. The number of aliphatic hydroxyl groups is 1. The minimum absolute atomic E-state index is 0.00352. The number of hydrogen-bond donors (Lipinski definition) is 2. The highest BCUT2D eigenvalue weighted by atomic mass is 16.3. The Bertz CT molecular complexity index is 507. The van der Waals surface area contributed by atoms with Gasteiger partial charge in [0.05, 0.1) is 11.8 Å². The maximum Gasteiger partial charge on any atom is 0.255 e. The van der Waals surface area contributed by atoms with Crippen molar-refractivity contribution in [3.63, 3.8) is 0 Å². The van der Waals surface area contributed by atoms with Crippen molar-refractivity contribution in [1.82, 2.24) is 14.8 Å². The van der Waals surface area contributed by atoms with E-state index in [1.54, 1.807) is 4.90 Å². The van der Waals surface area contributed by atoms with Crippen LogP contribution < -0.4 is 0 Å². The number of carbonyl (C=O) groups is 1. The fourth-order valence-electron chi connectivity index (χ4n) is 2.94. The van der Waals surface area contributed by atoms with Crippen molar-refractivity contribution in [1.29, 1.82) is 0 Å². The molecule has 1 atom stereocenters. The number of rotatable bonds is 5. The smallest absolute Gasteiger partial charge is 0.255 e. The molecule has 6 heteroatoms. The van der Waals surface area contributed by atoms with Gasteiger partial charge in [-0.25, -0.2) is 0 Å². The second-order valence-electron chi connectivity index (χ2n) is 6.24. The van der Waals surface area contributed by atoms with Crippen molar-refractivity contribution in [2.24, 2.45) is 5.92 Å². The molecule has 122 valence electrons. The Balaban J connectivity index is 2.06. The third-order valence-corrected chi connectivity index (χ3v) is 3.92. The van der Waals surface area contributed by atoms with E-state index in [0.29, 0.717) is 31.0 Å². The Morgan fingerprint density at radius 3 is 2.82 bits per heavy atom. The van der Waals surface area contributed by atoms with Gasteiger partial charge in [0.25, 0.3) is 5.91 Å². The van der Waals surface area contributed by atoms with Crippen molar-refractivity contribution in [3.05, 3.63) is 24.0 Å². The van der Waals surface area contributed by atoms with Crippen LogP contribution in [0.25, 0.3) is 0 Å². The van der Waals surface area contributed by atoms with Crippen LogP contribution >= 0.6 is 0 Å². The molecule has 1 amide bonds. The largest absolute Gasteiger partial charge is 0.506 e. The first-order chi connectivity index (χ1) is 10.5. The highest BCUT2D eigenvalue weighted by molar-refractivity contribution is 5.94. The summed E-state index contributed by atoms with van der Waals surface area (Å²) in [5, 5.41) is 18.7. The van der Waals surface area contributed by atoms with Crippen LogP contribution in [0.4, 0.5) is 0 Å². The zero-order valence-electron chi connectivity index (χ0n) is 13.3. The molecule has 1 saturated heterocycles. The van der Waals surface area contributed by atoms with Gasteiger partial charge in [-0.15, -0.1) is 0 Å². The number of hydrogen-bond acceptors (Lipinski definition) is 5. The molecule has 0 aliphatic carbocycles. The van der Waals surface area contributed by atoms with E-state index in [9.17, 15) is 15.0 Å². The molecule has 1 aliphatic heterocycles. The molecule has 0 spiro atoms. The highest BCUT2D eigenvalue weighted by Gasteiger charge is 2.30. The molecule has 0 aromatic carbocycles. The number of aromatic hydroxyl groups is 1. The Morgan fingerprint density at radius 1 is 1.41 bits per heavy atom. The summed E-state index contributed by atoms with van der Waals surface area (Å²) in [7, 11) is 0. The number of aliphatic hydroxyl groups excluding tert-OH is 1. The summed E-state index contributed by atoms with van der Waals surface area (Å²) < 4.78 is 0. The second-order valence-corrected chi connectivity index (χ2v) is 6.24. The van der Waals surface area contributed by atoms with Gasteiger partial charge < -0.3 is 15.1 Å². The van der Waals surface area contributed by atoms with Crippen molar-refractivity contribution in [2.45, 2.75) is 26.3 Å². The second kappa shape index (κ2) is 7.56. The molecule has 0 radical (unpaired) electrons. The molecule has 1 aromatic rings. The predicted octanol–water partition coefficient (Wildman–Crippen LogP) is 0.952. The van der Waals surface area contributed by atoms with Crippen molar-refractivity contribution in [3.8, 4) is 5.75 Å². The number of piperazine rings is 1. The Labute approximate surface area is 131 Å². The SMILES string of the molecule is CC(C)CN1CCN(C(=O)c2cncc(O)c2)CC1CCO. The maximum absolute atomic E-state index is 12.5. The fraction of sp³-hybridized carbons (Fsp3) is 0.625. The third kappa shape index (κ3) is 4.18. The van der Waals surface area contributed by atoms with E-state index in [2.05, 4.69) is 23.7 Å². The maximum atomic E-state index is 12.5. The van der Waals surface area contributed by atoms with Crippen molar-refractivity contribution < 1.29 is 15.0 Å². The molecule has 1 unspecified atom stereocenters. The summed E-state index contributed by atoms with van der Waals surface area (Å²) in [6, 6.07) is 1.62. The molecule has 1 aliphatic rings. The average Bonchev–Trinajstić information content (AvgIpc) is 2.48. The average molecular weight is 307 g/mol. The van der Waals surface area contributed by atoms with E-state index in [4.69, 9.17) is 0 Å². The quantitative estimate of drug-likeness (QED) is 0.847. The minimum Gasteiger partial charge on any atom is -0.506 e. The Hall–Kier alpha value is -1.66. The normalized spacial score (nSPS) is 19.6. The topological polar surface area (TPSA) is 76.9 Å². The molecule has 1 fully saturated rings. The summed E-state index contributed by atoms with van der Waals surface area (Å²) in [5.41, 5.74) is 0.403.